The van der Waals surface area contributed by atoms with E-state index in [-0.39, 0.29) is 5.91 Å². The molecule has 0 bridgehead atoms. The van der Waals surface area contributed by atoms with Crippen LogP contribution in [0.3, 0.4) is 0 Å². The molecule has 0 atom stereocenters. The fourth-order valence-electron chi connectivity index (χ4n) is 1.86. The van der Waals surface area contributed by atoms with Crippen LogP contribution in [0.1, 0.15) is 5.56 Å². The number of carbonyl (C=O) groups excluding carboxylic acids is 1. The van der Waals surface area contributed by atoms with E-state index < -0.39 is 0 Å². The summed E-state index contributed by atoms with van der Waals surface area (Å²) in [6.07, 6.45) is 6.70. The van der Waals surface area contributed by atoms with E-state index in [1.807, 2.05) is 24.3 Å². The maximum absolute atomic E-state index is 11.6. The van der Waals surface area contributed by atoms with Gasteiger partial charge in [0, 0.05) is 24.2 Å². The summed E-state index contributed by atoms with van der Waals surface area (Å²) in [6.45, 7) is 0. The van der Waals surface area contributed by atoms with Crippen LogP contribution in [-0.2, 0) is 4.79 Å². The molecule has 2 heterocycles. The van der Waals surface area contributed by atoms with Crippen molar-refractivity contribution in [1.82, 2.24) is 9.97 Å². The van der Waals surface area contributed by atoms with Crippen LogP contribution in [0.4, 0.5) is 0 Å². The number of rotatable bonds is 2. The second-order valence-corrected chi connectivity index (χ2v) is 3.65. The number of imidazole rings is 1. The Balaban J connectivity index is 2.15. The Hall–Kier alpha value is -2.49. The molecule has 1 amide bonds. The van der Waals surface area contributed by atoms with Crippen LogP contribution in [0.15, 0.2) is 47.7 Å². The summed E-state index contributed by atoms with van der Waals surface area (Å²) in [6, 6.07) is 7.65. The molecule has 0 fully saturated rings. The first kappa shape index (κ1) is 9.72. The lowest BCUT2D eigenvalue weighted by atomic mass is 9.99. The quantitative estimate of drug-likeness (QED) is 0.847. The first-order chi connectivity index (χ1) is 8.36. The Morgan fingerprint density at radius 2 is 1.94 bits per heavy atom. The lowest BCUT2D eigenvalue weighted by molar-refractivity contribution is -0.112. The second kappa shape index (κ2) is 3.83. The minimum absolute atomic E-state index is 0.205. The van der Waals surface area contributed by atoms with Crippen molar-refractivity contribution in [2.24, 2.45) is 4.99 Å². The van der Waals surface area contributed by atoms with Gasteiger partial charge in [-0.3, -0.25) is 4.79 Å². The highest BCUT2D eigenvalue weighted by Gasteiger charge is 2.18. The van der Waals surface area contributed by atoms with Crippen LogP contribution in [-0.4, -0.2) is 22.1 Å². The number of carbonyl (C=O) groups is 1. The number of hydrogen-bond donors (Lipinski definition) is 1. The molecular formula is C13H9N3O. The number of H-pyrrole nitrogens is 1. The molecule has 1 N–H and O–H groups in total. The molecule has 0 aliphatic carbocycles. The zero-order valence-electron chi connectivity index (χ0n) is 8.92. The van der Waals surface area contributed by atoms with Crippen molar-refractivity contribution in [3.05, 3.63) is 48.3 Å². The van der Waals surface area contributed by atoms with Crippen molar-refractivity contribution in [3.63, 3.8) is 0 Å². The normalized spacial score (nSPS) is 14.1. The Morgan fingerprint density at radius 3 is 2.59 bits per heavy atom. The number of nitrogens with one attached hydrogen (secondary N) is 1. The number of nitrogens with zero attached hydrogens (tertiary/aromatic N) is 2. The average molecular weight is 223 g/mol. The molecule has 4 nitrogen and oxygen atoms in total. The third kappa shape index (κ3) is 1.59. The summed E-state index contributed by atoms with van der Waals surface area (Å²) in [5, 5.41) is 0. The topological polar surface area (TPSA) is 58.1 Å². The fraction of sp³-hybridized carbons (Fsp3) is 0. The first-order valence-electron chi connectivity index (χ1n) is 5.24. The molecule has 3 rings (SSSR count). The van der Waals surface area contributed by atoms with Gasteiger partial charge in [-0.15, -0.1) is 0 Å². The predicted octanol–water partition coefficient (Wildman–Crippen LogP) is 2.07. The van der Waals surface area contributed by atoms with Crippen molar-refractivity contribution >= 4 is 17.7 Å². The Morgan fingerprint density at radius 1 is 1.12 bits per heavy atom. The molecule has 2 aromatic rings. The van der Waals surface area contributed by atoms with Gasteiger partial charge in [-0.25, -0.2) is 9.98 Å². The number of allylic oxidation sites excluding steroid dienone is 1. The second-order valence-electron chi connectivity index (χ2n) is 3.65. The summed E-state index contributed by atoms with van der Waals surface area (Å²) in [5.74, 6) is 0.546. The van der Waals surface area contributed by atoms with Crippen LogP contribution in [0.25, 0.3) is 17.0 Å². The third-order valence-electron chi connectivity index (χ3n) is 2.63. The van der Waals surface area contributed by atoms with Crippen molar-refractivity contribution < 1.29 is 4.79 Å². The van der Waals surface area contributed by atoms with Crippen molar-refractivity contribution in [2.75, 3.05) is 0 Å². The van der Waals surface area contributed by atoms with Crippen molar-refractivity contribution in [1.29, 1.82) is 0 Å². The van der Waals surface area contributed by atoms with E-state index in [1.165, 1.54) is 6.21 Å². The average Bonchev–Trinajstić information content (AvgIpc) is 3.00. The number of hydrogen-bond acceptors (Lipinski definition) is 2. The highest BCUT2D eigenvalue weighted by atomic mass is 16.1. The summed E-state index contributed by atoms with van der Waals surface area (Å²) < 4.78 is 0. The minimum Gasteiger partial charge on any atom is -0.345 e. The van der Waals surface area contributed by atoms with E-state index in [1.54, 1.807) is 18.5 Å². The van der Waals surface area contributed by atoms with Gasteiger partial charge in [-0.2, -0.15) is 0 Å². The largest absolute Gasteiger partial charge is 0.345 e. The van der Waals surface area contributed by atoms with Gasteiger partial charge in [0.25, 0.3) is 5.91 Å². The zero-order valence-corrected chi connectivity index (χ0v) is 8.92. The molecule has 0 unspecified atom stereocenters. The van der Waals surface area contributed by atoms with E-state index in [2.05, 4.69) is 15.0 Å². The molecule has 0 spiro atoms. The molecule has 1 aromatic carbocycles. The van der Waals surface area contributed by atoms with Crippen LogP contribution >= 0.6 is 0 Å². The molecule has 0 saturated carbocycles. The van der Waals surface area contributed by atoms with Crippen LogP contribution in [0.5, 0.6) is 0 Å². The van der Waals surface area contributed by atoms with Crippen molar-refractivity contribution in [2.45, 2.75) is 0 Å². The summed E-state index contributed by atoms with van der Waals surface area (Å²) >= 11 is 0. The van der Waals surface area contributed by atoms with Crippen molar-refractivity contribution in [3.8, 4) is 11.4 Å². The number of aromatic amines is 1. The van der Waals surface area contributed by atoms with E-state index in [0.29, 0.717) is 5.57 Å². The molecule has 17 heavy (non-hydrogen) atoms. The third-order valence-corrected chi connectivity index (χ3v) is 2.63. The predicted molar refractivity (Wildman–Crippen MR) is 65.5 cm³/mol. The van der Waals surface area contributed by atoms with E-state index in [9.17, 15) is 4.79 Å². The Kier molecular flexibility index (Phi) is 2.19. The van der Waals surface area contributed by atoms with Gasteiger partial charge in [0.05, 0.1) is 5.57 Å². The van der Waals surface area contributed by atoms with E-state index >= 15 is 0 Å². The van der Waals surface area contributed by atoms with Gasteiger partial charge >= 0.3 is 0 Å². The van der Waals surface area contributed by atoms with Gasteiger partial charge < -0.3 is 4.98 Å². The molecule has 1 aromatic heterocycles. The monoisotopic (exact) mass is 223 g/mol. The van der Waals surface area contributed by atoms with Crippen LogP contribution < -0.4 is 0 Å². The minimum atomic E-state index is -0.205. The molecule has 0 radical (unpaired) electrons. The summed E-state index contributed by atoms with van der Waals surface area (Å²) in [4.78, 5) is 22.6. The SMILES string of the molecule is O=C1N=CC=C1c1ccccc1-c1ncc[nH]1. The number of benzene rings is 1. The molecule has 1 aliphatic heterocycles. The molecule has 4 heteroatoms. The fourth-order valence-corrected chi connectivity index (χ4v) is 1.86. The summed E-state index contributed by atoms with van der Waals surface area (Å²) in [7, 11) is 0. The van der Waals surface area contributed by atoms with Gasteiger partial charge in [-0.1, -0.05) is 24.3 Å². The Bertz CT molecular complexity index is 624. The standard InChI is InChI=1S/C13H9N3O/c17-13-11(5-6-16-13)9-3-1-2-4-10(9)12-14-7-8-15-12/h1-8H,(H,14,15). The van der Waals surface area contributed by atoms with E-state index in [4.69, 9.17) is 0 Å². The van der Waals surface area contributed by atoms with Gasteiger partial charge in [-0.05, 0) is 11.6 Å². The van der Waals surface area contributed by atoms with Gasteiger partial charge in [0.2, 0.25) is 0 Å². The number of amides is 1. The first-order valence-corrected chi connectivity index (χ1v) is 5.24. The lowest BCUT2D eigenvalue weighted by Gasteiger charge is -2.06. The number of aliphatic imine (C=N–C) groups is 1. The maximum atomic E-state index is 11.6. The highest BCUT2D eigenvalue weighted by molar-refractivity contribution is 6.29. The highest BCUT2D eigenvalue weighted by Crippen LogP contribution is 2.28. The maximum Gasteiger partial charge on any atom is 0.277 e. The Labute approximate surface area is 97.7 Å². The molecule has 82 valence electrons. The zero-order chi connectivity index (χ0) is 11.7. The van der Waals surface area contributed by atoms with Gasteiger partial charge in [0.15, 0.2) is 0 Å². The lowest BCUT2D eigenvalue weighted by Crippen LogP contribution is -1.97. The van der Waals surface area contributed by atoms with Gasteiger partial charge in [0.1, 0.15) is 5.82 Å². The smallest absolute Gasteiger partial charge is 0.277 e. The van der Waals surface area contributed by atoms with E-state index in [0.717, 1.165) is 17.0 Å². The number of aromatic nitrogens is 2. The van der Waals surface area contributed by atoms with Crippen LogP contribution in [0, 0.1) is 0 Å². The molecule has 0 saturated heterocycles. The summed E-state index contributed by atoms with van der Waals surface area (Å²) in [5.41, 5.74) is 2.37. The van der Waals surface area contributed by atoms with Crippen LogP contribution in [0.2, 0.25) is 0 Å². The molecular weight excluding hydrogens is 214 g/mol. The molecule has 1 aliphatic rings.